The van der Waals surface area contributed by atoms with Gasteiger partial charge in [0.2, 0.25) is 10.0 Å². The van der Waals surface area contributed by atoms with Crippen LogP contribution in [0.1, 0.15) is 19.4 Å². The molecule has 5 heteroatoms. The van der Waals surface area contributed by atoms with Crippen molar-refractivity contribution >= 4 is 26.0 Å². The van der Waals surface area contributed by atoms with Crippen LogP contribution in [0.4, 0.5) is 0 Å². The van der Waals surface area contributed by atoms with Gasteiger partial charge in [0.05, 0.1) is 4.90 Å². The van der Waals surface area contributed by atoms with Gasteiger partial charge in [0.1, 0.15) is 0 Å². The third-order valence-corrected chi connectivity index (χ3v) is 4.93. The summed E-state index contributed by atoms with van der Waals surface area (Å²) in [6.45, 7) is 6.73. The molecule has 0 fully saturated rings. The predicted octanol–water partition coefficient (Wildman–Crippen LogP) is 3.35. The van der Waals surface area contributed by atoms with Gasteiger partial charge in [-0.15, -0.1) is 0 Å². The van der Waals surface area contributed by atoms with Crippen LogP contribution >= 0.6 is 15.9 Å². The third-order valence-electron chi connectivity index (χ3n) is 2.70. The second-order valence-electron chi connectivity index (χ2n) is 4.65. The first-order valence-electron chi connectivity index (χ1n) is 6.14. The van der Waals surface area contributed by atoms with Gasteiger partial charge in [-0.3, -0.25) is 0 Å². The maximum atomic E-state index is 12.5. The molecule has 0 aliphatic heterocycles. The molecular weight excluding hydrogens is 326 g/mol. The topological polar surface area (TPSA) is 37.4 Å². The molecule has 3 nitrogen and oxygen atoms in total. The van der Waals surface area contributed by atoms with E-state index in [-0.39, 0.29) is 0 Å². The van der Waals surface area contributed by atoms with Crippen molar-refractivity contribution in [2.45, 2.75) is 25.7 Å². The van der Waals surface area contributed by atoms with E-state index < -0.39 is 10.0 Å². The highest BCUT2D eigenvalue weighted by atomic mass is 79.9. The maximum Gasteiger partial charge on any atom is 0.243 e. The van der Waals surface area contributed by atoms with E-state index in [1.807, 2.05) is 39.0 Å². The van der Waals surface area contributed by atoms with Crippen LogP contribution < -0.4 is 0 Å². The molecule has 0 aliphatic carbocycles. The van der Waals surface area contributed by atoms with Gasteiger partial charge in [0.25, 0.3) is 0 Å². The maximum absolute atomic E-state index is 12.5. The minimum absolute atomic E-state index is 0.348. The van der Waals surface area contributed by atoms with Crippen molar-refractivity contribution in [3.8, 4) is 0 Å². The van der Waals surface area contributed by atoms with Crippen molar-refractivity contribution < 1.29 is 8.42 Å². The summed E-state index contributed by atoms with van der Waals surface area (Å²) in [4.78, 5) is 0.348. The minimum atomic E-state index is -3.42. The minimum Gasteiger partial charge on any atom is -0.207 e. The molecule has 0 N–H and O–H groups in total. The Labute approximate surface area is 124 Å². The van der Waals surface area contributed by atoms with Gasteiger partial charge in [0.15, 0.2) is 0 Å². The lowest BCUT2D eigenvalue weighted by atomic mass is 10.2. The second-order valence-corrected chi connectivity index (χ2v) is 7.38. The van der Waals surface area contributed by atoms with Gasteiger partial charge in [-0.25, -0.2) is 8.42 Å². The summed E-state index contributed by atoms with van der Waals surface area (Å²) in [5, 5.41) is 0.620. The third kappa shape index (κ3) is 4.75. The highest BCUT2D eigenvalue weighted by Gasteiger charge is 2.22. The van der Waals surface area contributed by atoms with E-state index >= 15 is 0 Å². The van der Waals surface area contributed by atoms with Gasteiger partial charge in [-0.2, -0.15) is 4.31 Å². The lowest BCUT2D eigenvalue weighted by Gasteiger charge is -2.20. The first-order valence-corrected chi connectivity index (χ1v) is 8.70. The summed E-state index contributed by atoms with van der Waals surface area (Å²) in [7, 11) is -3.42. The molecule has 0 aromatic heterocycles. The Balaban J connectivity index is 3.05. The van der Waals surface area contributed by atoms with Crippen LogP contribution in [-0.2, 0) is 10.0 Å². The van der Waals surface area contributed by atoms with Crippen LogP contribution in [0.15, 0.2) is 40.8 Å². The molecule has 0 spiro atoms. The number of hydrogen-bond acceptors (Lipinski definition) is 2. The van der Waals surface area contributed by atoms with Crippen molar-refractivity contribution in [1.82, 2.24) is 4.31 Å². The van der Waals surface area contributed by atoms with Crippen molar-refractivity contribution in [3.63, 3.8) is 0 Å². The van der Waals surface area contributed by atoms with Gasteiger partial charge in [0, 0.05) is 18.4 Å². The van der Waals surface area contributed by atoms with Gasteiger partial charge in [-0.1, -0.05) is 45.3 Å². The average Bonchev–Trinajstić information content (AvgIpc) is 2.34. The highest BCUT2D eigenvalue weighted by molar-refractivity contribution is 9.09. The van der Waals surface area contributed by atoms with Crippen molar-refractivity contribution in [1.29, 1.82) is 0 Å². The van der Waals surface area contributed by atoms with Crippen LogP contribution in [0, 0.1) is 6.92 Å². The molecule has 106 valence electrons. The van der Waals surface area contributed by atoms with E-state index in [1.54, 1.807) is 12.1 Å². The van der Waals surface area contributed by atoms with Crippen LogP contribution in [0.3, 0.4) is 0 Å². The lowest BCUT2D eigenvalue weighted by molar-refractivity contribution is 0.462. The number of rotatable bonds is 6. The summed E-state index contributed by atoms with van der Waals surface area (Å²) in [6, 6.07) is 6.96. The van der Waals surface area contributed by atoms with Crippen molar-refractivity contribution in [3.05, 3.63) is 41.5 Å². The Morgan fingerprint density at radius 2 is 1.84 bits per heavy atom. The van der Waals surface area contributed by atoms with E-state index in [2.05, 4.69) is 15.9 Å². The van der Waals surface area contributed by atoms with E-state index in [9.17, 15) is 8.42 Å². The molecular formula is C14H20BrNO2S. The smallest absolute Gasteiger partial charge is 0.207 e. The monoisotopic (exact) mass is 345 g/mol. The lowest BCUT2D eigenvalue weighted by Crippen LogP contribution is -2.33. The van der Waals surface area contributed by atoms with Crippen LogP contribution in [-0.4, -0.2) is 31.1 Å². The number of aryl methyl sites for hydroxylation is 1. The highest BCUT2D eigenvalue weighted by Crippen LogP contribution is 2.16. The molecule has 0 saturated carbocycles. The zero-order valence-corrected chi connectivity index (χ0v) is 14.0. The Kier molecular flexibility index (Phi) is 6.23. The molecule has 0 unspecified atom stereocenters. The standard InChI is InChI=1S/C14H20BrNO2S/c1-12(2)8-10-16(11-9-15)19(17,18)14-6-4-13(3)5-7-14/h4-8H,9-11H2,1-3H3. The molecule has 0 saturated heterocycles. The molecule has 0 bridgehead atoms. The van der Waals surface area contributed by atoms with E-state index in [1.165, 1.54) is 4.31 Å². The number of hydrogen-bond donors (Lipinski definition) is 0. The van der Waals surface area contributed by atoms with Gasteiger partial charge in [-0.05, 0) is 32.9 Å². The molecule has 0 aliphatic rings. The Hall–Kier alpha value is -0.650. The van der Waals surface area contributed by atoms with E-state index in [0.717, 1.165) is 11.1 Å². The zero-order valence-electron chi connectivity index (χ0n) is 11.6. The number of sulfonamides is 1. The fourth-order valence-corrected chi connectivity index (χ4v) is 3.59. The summed E-state index contributed by atoms with van der Waals surface area (Å²) in [5.74, 6) is 0. The van der Waals surface area contributed by atoms with E-state index in [0.29, 0.717) is 23.3 Å². The summed E-state index contributed by atoms with van der Waals surface area (Å²) >= 11 is 3.31. The van der Waals surface area contributed by atoms with E-state index in [4.69, 9.17) is 0 Å². The number of alkyl halides is 1. The number of allylic oxidation sites excluding steroid dienone is 1. The van der Waals surface area contributed by atoms with Crippen molar-refractivity contribution in [2.75, 3.05) is 18.4 Å². The molecule has 0 heterocycles. The van der Waals surface area contributed by atoms with Crippen molar-refractivity contribution in [2.24, 2.45) is 0 Å². The van der Waals surface area contributed by atoms with Gasteiger partial charge < -0.3 is 0 Å². The average molecular weight is 346 g/mol. The summed E-state index contributed by atoms with van der Waals surface area (Å²) in [6.07, 6.45) is 1.92. The molecule has 1 aromatic rings. The van der Waals surface area contributed by atoms with Crippen LogP contribution in [0.25, 0.3) is 0 Å². The molecule has 1 rings (SSSR count). The fourth-order valence-electron chi connectivity index (χ4n) is 1.55. The predicted molar refractivity (Wildman–Crippen MR) is 83.2 cm³/mol. The number of nitrogens with zero attached hydrogens (tertiary/aromatic N) is 1. The first-order chi connectivity index (χ1) is 8.87. The zero-order chi connectivity index (χ0) is 14.5. The largest absolute Gasteiger partial charge is 0.243 e. The number of halogens is 1. The second kappa shape index (κ2) is 7.22. The Morgan fingerprint density at radius 3 is 2.32 bits per heavy atom. The normalized spacial score (nSPS) is 11.6. The summed E-state index contributed by atoms with van der Waals surface area (Å²) < 4.78 is 26.5. The van der Waals surface area contributed by atoms with Crippen LogP contribution in [0.2, 0.25) is 0 Å². The quantitative estimate of drug-likeness (QED) is 0.585. The van der Waals surface area contributed by atoms with Gasteiger partial charge >= 0.3 is 0 Å². The molecule has 0 radical (unpaired) electrons. The molecule has 19 heavy (non-hydrogen) atoms. The number of benzene rings is 1. The summed E-state index contributed by atoms with van der Waals surface area (Å²) in [5.41, 5.74) is 2.16. The van der Waals surface area contributed by atoms with Crippen LogP contribution in [0.5, 0.6) is 0 Å². The molecule has 1 aromatic carbocycles. The molecule has 0 atom stereocenters. The molecule has 0 amide bonds. The fraction of sp³-hybridized carbons (Fsp3) is 0.429. The first kappa shape index (κ1) is 16.4. The Morgan fingerprint density at radius 1 is 1.26 bits per heavy atom. The Bertz CT molecular complexity index is 531. The SMILES string of the molecule is CC(C)=CCN(CCBr)S(=O)(=O)c1ccc(C)cc1.